The zero-order valence-electron chi connectivity index (χ0n) is 20.2. The van der Waals surface area contributed by atoms with Crippen LogP contribution in [0, 0.1) is 0 Å². The van der Waals surface area contributed by atoms with Crippen LogP contribution in [0.25, 0.3) is 17.0 Å². The van der Waals surface area contributed by atoms with Gasteiger partial charge in [0, 0.05) is 50.4 Å². The number of pyridine rings is 1. The molecule has 0 unspecified atom stereocenters. The molecule has 9 nitrogen and oxygen atoms in total. The quantitative estimate of drug-likeness (QED) is 0.566. The Kier molecular flexibility index (Phi) is 7.92. The molecule has 2 atom stereocenters. The number of nitrogens with one attached hydrogen (secondary N) is 1. The lowest BCUT2D eigenvalue weighted by atomic mass is 10.1. The average molecular weight is 507 g/mol. The van der Waals surface area contributed by atoms with Crippen LogP contribution in [0.2, 0.25) is 0 Å². The number of imidazole rings is 1. The Hall–Kier alpha value is -3.41. The number of carbonyl (C=O) groups excluding carboxylic acids is 1. The standard InChI is InChI=1S/C24H29F3N6O3/c1-3-33-16(2)17-5-8-28-19(14-17)20-15-32-10-9-29-21(32)22(31-20)36-13-12-35-11-6-18(30-23(33)34)4-7-24(25,26)27/h5,8-10,14-16,18H,3-4,6-7,11-13H2,1-2H3,(H,30,34)/t16-,18+/m1/s1. The van der Waals surface area contributed by atoms with Gasteiger partial charge in [-0.15, -0.1) is 0 Å². The number of hydrogen-bond acceptors (Lipinski definition) is 6. The van der Waals surface area contributed by atoms with Crippen molar-refractivity contribution in [3.63, 3.8) is 0 Å². The van der Waals surface area contributed by atoms with Gasteiger partial charge in [0.05, 0.1) is 18.3 Å². The number of hydrogen-bond donors (Lipinski definition) is 1. The highest BCUT2D eigenvalue weighted by molar-refractivity contribution is 5.75. The summed E-state index contributed by atoms with van der Waals surface area (Å²) in [5.41, 5.74) is 2.50. The minimum Gasteiger partial charge on any atom is -0.473 e. The molecular weight excluding hydrogens is 477 g/mol. The van der Waals surface area contributed by atoms with Crippen molar-refractivity contribution in [1.29, 1.82) is 0 Å². The second-order valence-corrected chi connectivity index (χ2v) is 8.58. The third kappa shape index (κ3) is 6.23. The normalized spacial score (nSPS) is 20.0. The molecule has 1 aliphatic rings. The first-order chi connectivity index (χ1) is 17.2. The second-order valence-electron chi connectivity index (χ2n) is 8.58. The number of urea groups is 1. The first-order valence-electron chi connectivity index (χ1n) is 11.9. The topological polar surface area (TPSA) is 93.9 Å². The van der Waals surface area contributed by atoms with Crippen LogP contribution in [0.15, 0.2) is 36.9 Å². The number of amides is 2. The van der Waals surface area contributed by atoms with Crippen molar-refractivity contribution in [2.45, 2.75) is 51.4 Å². The van der Waals surface area contributed by atoms with E-state index in [1.54, 1.807) is 40.2 Å². The number of nitrogens with zero attached hydrogens (tertiary/aromatic N) is 5. The number of halogens is 3. The van der Waals surface area contributed by atoms with Gasteiger partial charge >= 0.3 is 12.2 Å². The monoisotopic (exact) mass is 506 g/mol. The van der Waals surface area contributed by atoms with Crippen molar-refractivity contribution in [2.24, 2.45) is 0 Å². The predicted molar refractivity (Wildman–Crippen MR) is 126 cm³/mol. The van der Waals surface area contributed by atoms with Gasteiger partial charge in [-0.1, -0.05) is 0 Å². The van der Waals surface area contributed by atoms with Crippen LogP contribution in [0.1, 0.15) is 44.7 Å². The van der Waals surface area contributed by atoms with Gasteiger partial charge < -0.3 is 24.1 Å². The Balaban J connectivity index is 1.66. The molecule has 1 N–H and O–H groups in total. The van der Waals surface area contributed by atoms with Crippen LogP contribution in [0.5, 0.6) is 5.88 Å². The van der Waals surface area contributed by atoms with Crippen molar-refractivity contribution in [1.82, 2.24) is 29.6 Å². The predicted octanol–water partition coefficient (Wildman–Crippen LogP) is 4.39. The number of aromatic nitrogens is 4. The Bertz CT molecular complexity index is 1190. The third-order valence-corrected chi connectivity index (χ3v) is 6.12. The highest BCUT2D eigenvalue weighted by atomic mass is 19.4. The first kappa shape index (κ1) is 25.7. The van der Waals surface area contributed by atoms with Gasteiger partial charge in [0.1, 0.15) is 12.3 Å². The number of rotatable bonds is 3. The largest absolute Gasteiger partial charge is 0.473 e. The van der Waals surface area contributed by atoms with E-state index in [0.717, 1.165) is 5.56 Å². The Morgan fingerprint density at radius 1 is 1.17 bits per heavy atom. The molecule has 2 amide bonds. The molecule has 36 heavy (non-hydrogen) atoms. The average Bonchev–Trinajstić information content (AvgIpc) is 3.33. The summed E-state index contributed by atoms with van der Waals surface area (Å²) in [6.07, 6.45) is 1.58. The number of carbonyl (C=O) groups is 1. The maximum Gasteiger partial charge on any atom is 0.389 e. The molecule has 3 aromatic rings. The maximum absolute atomic E-state index is 13.1. The van der Waals surface area contributed by atoms with Crippen LogP contribution >= 0.6 is 0 Å². The van der Waals surface area contributed by atoms with E-state index < -0.39 is 24.7 Å². The summed E-state index contributed by atoms with van der Waals surface area (Å²) in [6.45, 7) is 4.60. The summed E-state index contributed by atoms with van der Waals surface area (Å²) in [5, 5.41) is 2.78. The van der Waals surface area contributed by atoms with E-state index in [9.17, 15) is 18.0 Å². The fourth-order valence-electron chi connectivity index (χ4n) is 4.15. The van der Waals surface area contributed by atoms with Gasteiger partial charge in [0.15, 0.2) is 0 Å². The zero-order valence-corrected chi connectivity index (χ0v) is 20.2. The Morgan fingerprint density at radius 3 is 2.78 bits per heavy atom. The molecule has 4 heterocycles. The molecule has 1 aliphatic heterocycles. The van der Waals surface area contributed by atoms with Crippen LogP contribution in [0.3, 0.4) is 0 Å². The van der Waals surface area contributed by atoms with E-state index in [1.807, 2.05) is 19.9 Å². The van der Waals surface area contributed by atoms with Gasteiger partial charge in [-0.2, -0.15) is 13.2 Å². The minimum absolute atomic E-state index is 0.171. The summed E-state index contributed by atoms with van der Waals surface area (Å²) in [7, 11) is 0. The summed E-state index contributed by atoms with van der Waals surface area (Å²) in [6, 6.07) is 2.17. The van der Waals surface area contributed by atoms with Crippen LogP contribution in [-0.4, -0.2) is 68.9 Å². The second kappa shape index (κ2) is 11.1. The van der Waals surface area contributed by atoms with E-state index in [0.29, 0.717) is 29.5 Å². The summed E-state index contributed by atoms with van der Waals surface area (Å²) < 4.78 is 51.9. The molecule has 3 aromatic heterocycles. The smallest absolute Gasteiger partial charge is 0.389 e. The molecule has 12 heteroatoms. The molecule has 4 rings (SSSR count). The van der Waals surface area contributed by atoms with Crippen molar-refractivity contribution in [3.8, 4) is 17.3 Å². The van der Waals surface area contributed by atoms with Gasteiger partial charge in [-0.3, -0.25) is 4.98 Å². The Labute approximate surface area is 206 Å². The van der Waals surface area contributed by atoms with Gasteiger partial charge in [0.2, 0.25) is 5.65 Å². The van der Waals surface area contributed by atoms with Gasteiger partial charge in [-0.25, -0.2) is 14.8 Å². The van der Waals surface area contributed by atoms with Crippen molar-refractivity contribution in [3.05, 3.63) is 42.5 Å². The maximum atomic E-state index is 13.1. The summed E-state index contributed by atoms with van der Waals surface area (Å²) in [4.78, 5) is 28.1. The van der Waals surface area contributed by atoms with Crippen molar-refractivity contribution in [2.75, 3.05) is 26.4 Å². The van der Waals surface area contributed by atoms with E-state index >= 15 is 0 Å². The Morgan fingerprint density at radius 2 is 2.00 bits per heavy atom. The number of fused-ring (bicyclic) bond motifs is 7. The van der Waals surface area contributed by atoms with E-state index in [1.165, 1.54) is 0 Å². The van der Waals surface area contributed by atoms with Crippen molar-refractivity contribution < 1.29 is 27.4 Å². The molecule has 0 aliphatic carbocycles. The lowest BCUT2D eigenvalue weighted by Crippen LogP contribution is -2.46. The summed E-state index contributed by atoms with van der Waals surface area (Å²) in [5.74, 6) is 0.320. The molecule has 194 valence electrons. The zero-order chi connectivity index (χ0) is 25.7. The van der Waals surface area contributed by atoms with Crippen LogP contribution in [-0.2, 0) is 4.74 Å². The van der Waals surface area contributed by atoms with E-state index in [-0.39, 0.29) is 38.7 Å². The first-order valence-corrected chi connectivity index (χ1v) is 11.9. The molecular formula is C24H29F3N6O3. The van der Waals surface area contributed by atoms with Gasteiger partial charge in [-0.05, 0) is 44.4 Å². The fourth-order valence-corrected chi connectivity index (χ4v) is 4.15. The van der Waals surface area contributed by atoms with E-state index in [2.05, 4.69) is 20.3 Å². The summed E-state index contributed by atoms with van der Waals surface area (Å²) >= 11 is 0. The molecule has 0 spiro atoms. The molecule has 0 saturated carbocycles. The van der Waals surface area contributed by atoms with Crippen LogP contribution < -0.4 is 10.1 Å². The molecule has 0 radical (unpaired) electrons. The highest BCUT2D eigenvalue weighted by Crippen LogP contribution is 2.27. The molecule has 0 aromatic carbocycles. The lowest BCUT2D eigenvalue weighted by Gasteiger charge is -2.31. The van der Waals surface area contributed by atoms with Gasteiger partial charge in [0.25, 0.3) is 5.88 Å². The third-order valence-electron chi connectivity index (χ3n) is 6.12. The lowest BCUT2D eigenvalue weighted by molar-refractivity contribution is -0.136. The molecule has 0 fully saturated rings. The fraction of sp³-hybridized carbons (Fsp3) is 0.500. The molecule has 4 bridgehead atoms. The van der Waals surface area contributed by atoms with Crippen molar-refractivity contribution >= 4 is 11.7 Å². The van der Waals surface area contributed by atoms with E-state index in [4.69, 9.17) is 9.47 Å². The highest BCUT2D eigenvalue weighted by Gasteiger charge is 2.30. The van der Waals surface area contributed by atoms with Crippen LogP contribution in [0.4, 0.5) is 18.0 Å². The SMILES string of the molecule is CCN1C(=O)N[C@@H](CCC(F)(F)F)CCOCCOc2nc(cn3ccnc23)-c2cc(ccn2)[C@H]1C. The molecule has 0 saturated heterocycles. The number of alkyl halides is 3. The number of ether oxygens (including phenoxy) is 2. The minimum atomic E-state index is -4.31.